The van der Waals surface area contributed by atoms with Crippen molar-refractivity contribution in [2.45, 2.75) is 131 Å². The summed E-state index contributed by atoms with van der Waals surface area (Å²) in [7, 11) is 1.42. The summed E-state index contributed by atoms with van der Waals surface area (Å²) in [5.41, 5.74) is 4.44. The maximum atomic E-state index is 13.9. The Morgan fingerprint density at radius 2 is 1.12 bits per heavy atom. The minimum absolute atomic E-state index is 0.105. The Labute approximate surface area is 484 Å². The smallest absolute Gasteiger partial charge is 0.330 e. The van der Waals surface area contributed by atoms with Crippen molar-refractivity contribution in [1.29, 1.82) is 0 Å². The summed E-state index contributed by atoms with van der Waals surface area (Å²) in [5, 5.41) is 10.1. The lowest BCUT2D eigenvalue weighted by molar-refractivity contribution is -0.156. The molecular weight excluding hydrogens is 1070 g/mol. The highest BCUT2D eigenvalue weighted by atomic mass is 35.5. The van der Waals surface area contributed by atoms with Crippen LogP contribution in [-0.4, -0.2) is 148 Å². The van der Waals surface area contributed by atoms with Gasteiger partial charge < -0.3 is 29.1 Å². The molecule has 2 aliphatic heterocycles. The Bertz CT molecular complexity index is 3440. The monoisotopic (exact) mass is 1140 g/mol. The van der Waals surface area contributed by atoms with Gasteiger partial charge in [-0.2, -0.15) is 10.2 Å². The Balaban J connectivity index is 0.000000216. The molecule has 2 saturated heterocycles. The van der Waals surface area contributed by atoms with Crippen molar-refractivity contribution in [2.24, 2.45) is 11.3 Å². The van der Waals surface area contributed by atoms with Gasteiger partial charge in [0.05, 0.1) is 54.0 Å². The second-order valence-corrected chi connectivity index (χ2v) is 25.6. The summed E-state index contributed by atoms with van der Waals surface area (Å²) in [6.45, 7) is 26.3. The first-order valence-corrected chi connectivity index (χ1v) is 28.3. The van der Waals surface area contributed by atoms with E-state index in [2.05, 4.69) is 46.6 Å². The molecule has 20 heteroatoms. The van der Waals surface area contributed by atoms with E-state index >= 15 is 0 Å². The van der Waals surface area contributed by atoms with Crippen molar-refractivity contribution < 1.29 is 42.6 Å². The number of hydrogen-bond acceptors (Lipinski definition) is 12. The SMILES string of the molecule is CCOC(=O)/C=C/C(=O)N1CCN(C(=O)c2cn3nc(-c4ccc(F)cc4)cc(C(C)(C)C)c3n2)C(C)(C)C1.COC(=O)C1(C)CCC(C(=O)N2CCN(C(=O)c3cn4nc(-c5ccc(Cl)cc5)cc(C(C)(C)C)c4n3)C(C)(C)C2)CC1. The van der Waals surface area contributed by atoms with Crippen LogP contribution in [0.5, 0.6) is 0 Å². The number of fused-ring (bicyclic) bond motifs is 2. The summed E-state index contributed by atoms with van der Waals surface area (Å²) >= 11 is 6.11. The van der Waals surface area contributed by atoms with E-state index in [1.807, 2.05) is 80.8 Å². The quantitative estimate of drug-likeness (QED) is 0.0984. The number of piperazine rings is 2. The average molecular weight is 1140 g/mol. The third kappa shape index (κ3) is 13.0. The number of amides is 4. The van der Waals surface area contributed by atoms with Crippen LogP contribution >= 0.6 is 11.6 Å². The highest BCUT2D eigenvalue weighted by Crippen LogP contribution is 2.41. The van der Waals surface area contributed by atoms with Crippen LogP contribution in [0, 0.1) is 17.2 Å². The highest BCUT2D eigenvalue weighted by Gasteiger charge is 2.45. The predicted octanol–water partition coefficient (Wildman–Crippen LogP) is 9.79. The van der Waals surface area contributed by atoms with Crippen molar-refractivity contribution in [1.82, 2.24) is 48.8 Å². The van der Waals surface area contributed by atoms with Crippen LogP contribution in [0.25, 0.3) is 33.8 Å². The van der Waals surface area contributed by atoms with E-state index in [-0.39, 0.29) is 71.0 Å². The van der Waals surface area contributed by atoms with Crippen LogP contribution in [0.2, 0.25) is 5.02 Å². The van der Waals surface area contributed by atoms with Crippen molar-refractivity contribution in [3.63, 3.8) is 0 Å². The third-order valence-corrected chi connectivity index (χ3v) is 16.1. The van der Waals surface area contributed by atoms with Crippen LogP contribution in [0.1, 0.15) is 141 Å². The minimum Gasteiger partial charge on any atom is -0.469 e. The molecule has 3 aliphatic rings. The van der Waals surface area contributed by atoms with E-state index in [0.717, 1.165) is 34.0 Å². The normalized spacial score (nSPS) is 19.2. The van der Waals surface area contributed by atoms with Gasteiger partial charge in [0.25, 0.3) is 11.8 Å². The molecule has 0 radical (unpaired) electrons. The Morgan fingerprint density at radius 1 is 0.671 bits per heavy atom. The molecule has 2 aromatic carbocycles. The lowest BCUT2D eigenvalue weighted by Gasteiger charge is -2.48. The van der Waals surface area contributed by atoms with E-state index in [9.17, 15) is 33.2 Å². The molecule has 0 unspecified atom stereocenters. The number of methoxy groups -OCH3 is 1. The number of aromatic nitrogens is 6. The van der Waals surface area contributed by atoms with E-state index in [1.165, 1.54) is 25.3 Å². The number of nitrogens with zero attached hydrogens (tertiary/aromatic N) is 10. The molecular formula is C62H76ClFN10O8. The van der Waals surface area contributed by atoms with Crippen LogP contribution < -0.4 is 0 Å². The number of carbonyl (C=O) groups excluding carboxylic acids is 6. The summed E-state index contributed by atoms with van der Waals surface area (Å²) < 4.78 is 26.6. The van der Waals surface area contributed by atoms with Gasteiger partial charge in [0.15, 0.2) is 11.3 Å². The van der Waals surface area contributed by atoms with Crippen LogP contribution in [-0.2, 0) is 39.5 Å². The molecule has 6 heterocycles. The topological polar surface area (TPSA) is 194 Å². The number of halogens is 2. The van der Waals surface area contributed by atoms with Gasteiger partial charge in [-0.25, -0.2) is 28.2 Å². The molecule has 18 nitrogen and oxygen atoms in total. The van der Waals surface area contributed by atoms with Crippen LogP contribution in [0.15, 0.2) is 85.2 Å². The van der Waals surface area contributed by atoms with Crippen molar-refractivity contribution in [3.05, 3.63) is 119 Å². The molecule has 0 bridgehead atoms. The van der Waals surface area contributed by atoms with Gasteiger partial charge in [-0.15, -0.1) is 0 Å². The number of rotatable bonds is 9. The first-order chi connectivity index (χ1) is 38.4. The summed E-state index contributed by atoms with van der Waals surface area (Å²) in [4.78, 5) is 94.1. The fourth-order valence-corrected chi connectivity index (χ4v) is 11.3. The Kier molecular flexibility index (Phi) is 17.3. The minimum atomic E-state index is -0.682. The van der Waals surface area contributed by atoms with Gasteiger partial charge in [0, 0.05) is 84.6 Å². The Hall–Kier alpha value is -7.54. The molecule has 4 amide bonds. The molecule has 3 fully saturated rings. The zero-order valence-corrected chi connectivity index (χ0v) is 50.2. The number of carbonyl (C=O) groups is 6. The van der Waals surface area contributed by atoms with Crippen molar-refractivity contribution >= 4 is 58.5 Å². The van der Waals surface area contributed by atoms with Gasteiger partial charge in [0.2, 0.25) is 11.8 Å². The number of esters is 2. The van der Waals surface area contributed by atoms with E-state index in [0.29, 0.717) is 86.1 Å². The number of imidazole rings is 2. The van der Waals surface area contributed by atoms with E-state index in [1.54, 1.807) is 50.3 Å². The van der Waals surface area contributed by atoms with Crippen molar-refractivity contribution in [3.8, 4) is 22.5 Å². The molecule has 0 N–H and O–H groups in total. The molecule has 1 aliphatic carbocycles. The molecule has 0 spiro atoms. The molecule has 9 rings (SSSR count). The molecule has 82 heavy (non-hydrogen) atoms. The Morgan fingerprint density at radius 3 is 1.56 bits per heavy atom. The van der Waals surface area contributed by atoms with Crippen molar-refractivity contribution in [2.75, 3.05) is 53.0 Å². The molecule has 6 aromatic rings. The predicted molar refractivity (Wildman–Crippen MR) is 310 cm³/mol. The van der Waals surface area contributed by atoms with Gasteiger partial charge in [0.1, 0.15) is 17.2 Å². The number of benzene rings is 2. The second-order valence-electron chi connectivity index (χ2n) is 25.2. The zero-order chi connectivity index (χ0) is 59.9. The number of hydrogen-bond donors (Lipinski definition) is 0. The van der Waals surface area contributed by atoms with Crippen LogP contribution in [0.3, 0.4) is 0 Å². The molecule has 4 aromatic heterocycles. The first-order valence-electron chi connectivity index (χ1n) is 27.9. The fourth-order valence-electron chi connectivity index (χ4n) is 11.1. The number of ether oxygens (including phenoxy) is 2. The van der Waals surface area contributed by atoms with E-state index < -0.39 is 22.5 Å². The lowest BCUT2D eigenvalue weighted by atomic mass is 9.71. The van der Waals surface area contributed by atoms with Gasteiger partial charge in [-0.05, 0) is 127 Å². The van der Waals surface area contributed by atoms with E-state index in [4.69, 9.17) is 36.1 Å². The summed E-state index contributed by atoms with van der Waals surface area (Å²) in [6, 6.07) is 17.6. The fraction of sp³-hybridized carbons (Fsp3) is 0.484. The maximum Gasteiger partial charge on any atom is 0.330 e. The summed E-state index contributed by atoms with van der Waals surface area (Å²) in [5.74, 6) is -1.88. The van der Waals surface area contributed by atoms with Crippen LogP contribution in [0.4, 0.5) is 4.39 Å². The van der Waals surface area contributed by atoms with Gasteiger partial charge >= 0.3 is 11.9 Å². The first kappa shape index (κ1) is 60.6. The zero-order valence-electron chi connectivity index (χ0n) is 49.4. The largest absolute Gasteiger partial charge is 0.469 e. The molecule has 436 valence electrons. The highest BCUT2D eigenvalue weighted by molar-refractivity contribution is 6.30. The lowest BCUT2D eigenvalue weighted by Crippen LogP contribution is -2.62. The standard InChI is InChI=1S/C33H42ClN5O4.C29H34FN5O4/c1-31(2,3)24-18-25(21-8-10-23(34)11-9-21)36-39-19-26(35-27(24)39)29(41)38-17-16-37(20-32(38,4)5)28(40)22-12-14-33(6,15-13-22)30(42)43-7;1-7-39-25(37)13-12-24(36)33-14-15-34(29(5,6)18-33)27(38)23-17-35-26(31-23)21(28(2,3)4)16-22(32-35)19-8-10-20(30)11-9-19/h8-11,18-19,22H,12-17,20H2,1-7H3;8-13,16-17H,7,14-15,18H2,1-6H3/b;13-12+. The van der Waals surface area contributed by atoms with Gasteiger partial charge in [-0.1, -0.05) is 65.3 Å². The second kappa shape index (κ2) is 23.4. The molecule has 0 atom stereocenters. The third-order valence-electron chi connectivity index (χ3n) is 15.9. The maximum absolute atomic E-state index is 13.9. The van der Waals surface area contributed by atoms with Gasteiger partial charge in [-0.3, -0.25) is 24.0 Å². The summed E-state index contributed by atoms with van der Waals surface area (Å²) in [6.07, 6.45) is 8.24. The molecule has 1 saturated carbocycles. The average Bonchev–Trinajstić information content (AvgIpc) is 4.13.